The number of hydrogen-bond acceptors (Lipinski definition) is 4. The van der Waals surface area contributed by atoms with Crippen molar-refractivity contribution < 1.29 is 20.4 Å². The van der Waals surface area contributed by atoms with Crippen molar-refractivity contribution in [3.8, 4) is 11.5 Å². The summed E-state index contributed by atoms with van der Waals surface area (Å²) in [6, 6.07) is 4.93. The summed E-state index contributed by atoms with van der Waals surface area (Å²) in [6.45, 7) is 4.32. The van der Waals surface area contributed by atoms with Gasteiger partial charge in [-0.05, 0) is 48.4 Å². The lowest BCUT2D eigenvalue weighted by Crippen LogP contribution is -2.11. The minimum absolute atomic E-state index is 0.00322. The molecule has 124 valence electrons. The molecule has 0 spiro atoms. The number of rotatable bonds is 5. The molecular formula is C19H24O4. The first-order chi connectivity index (χ1) is 10.9. The van der Waals surface area contributed by atoms with Crippen molar-refractivity contribution in [1.82, 2.24) is 0 Å². The van der Waals surface area contributed by atoms with E-state index in [0.717, 1.165) is 24.0 Å². The maximum absolute atomic E-state index is 9.57. The summed E-state index contributed by atoms with van der Waals surface area (Å²) in [4.78, 5) is 0. The number of phenolic OH excluding ortho intramolecular Hbond substituents is 2. The summed E-state index contributed by atoms with van der Waals surface area (Å²) < 4.78 is 0. The van der Waals surface area contributed by atoms with E-state index in [-0.39, 0.29) is 23.0 Å². The van der Waals surface area contributed by atoms with Crippen molar-refractivity contribution in [2.45, 2.75) is 33.1 Å². The van der Waals surface area contributed by atoms with E-state index in [1.165, 1.54) is 12.1 Å². The van der Waals surface area contributed by atoms with Crippen LogP contribution >= 0.6 is 0 Å². The zero-order chi connectivity index (χ0) is 17.0. The number of benzene rings is 1. The Kier molecular flexibility index (Phi) is 5.37. The van der Waals surface area contributed by atoms with Crippen LogP contribution in [0.4, 0.5) is 0 Å². The second kappa shape index (κ2) is 7.27. The number of aromatic hydroxyl groups is 2. The molecular weight excluding hydrogens is 292 g/mol. The van der Waals surface area contributed by atoms with Gasteiger partial charge in [0.25, 0.3) is 0 Å². The summed E-state index contributed by atoms with van der Waals surface area (Å²) in [5.74, 6) is 0.507. The van der Waals surface area contributed by atoms with E-state index in [0.29, 0.717) is 18.3 Å². The lowest BCUT2D eigenvalue weighted by atomic mass is 9.85. The van der Waals surface area contributed by atoms with Crippen LogP contribution in [0.1, 0.15) is 32.3 Å². The maximum atomic E-state index is 9.57. The lowest BCUT2D eigenvalue weighted by Gasteiger charge is -2.20. The number of aliphatic hydroxyl groups is 2. The molecule has 4 nitrogen and oxygen atoms in total. The first kappa shape index (κ1) is 17.0. The Balaban J connectivity index is 1.96. The SMILES string of the molecule is C[C@H](Cc1ccc(O)c(O)c1)[C@@H](C)CC1=CCC(O)=C(O)C=C1. The molecule has 2 rings (SSSR count). The standard InChI is InChI=1S/C19H24O4/c1-12(9-14-3-6-16(20)17(21)7-4-14)13(2)10-15-5-8-18(22)19(23)11-15/h3-6,8,11-13,20-23H,7,9-10H2,1-2H3/t12-,13+/m0/s1. The van der Waals surface area contributed by atoms with Gasteiger partial charge in [0.2, 0.25) is 0 Å². The fourth-order valence-corrected chi connectivity index (χ4v) is 2.68. The number of allylic oxidation sites excluding steroid dienone is 4. The van der Waals surface area contributed by atoms with Crippen LogP contribution in [0.15, 0.2) is 53.5 Å². The summed E-state index contributed by atoms with van der Waals surface area (Å²) in [6.07, 6.45) is 7.31. The molecule has 4 N–H and O–H groups in total. The fourth-order valence-electron chi connectivity index (χ4n) is 2.68. The molecule has 0 unspecified atom stereocenters. The normalized spacial score (nSPS) is 17.6. The van der Waals surface area contributed by atoms with Gasteiger partial charge < -0.3 is 20.4 Å². The first-order valence-electron chi connectivity index (χ1n) is 7.86. The molecule has 0 amide bonds. The molecule has 0 bridgehead atoms. The van der Waals surface area contributed by atoms with Crippen LogP contribution < -0.4 is 0 Å². The third-order valence-corrected chi connectivity index (χ3v) is 4.44. The Hall–Kier alpha value is -2.36. The van der Waals surface area contributed by atoms with E-state index in [4.69, 9.17) is 0 Å². The van der Waals surface area contributed by atoms with E-state index in [2.05, 4.69) is 13.8 Å². The van der Waals surface area contributed by atoms with Gasteiger partial charge in [-0.3, -0.25) is 0 Å². The molecule has 0 saturated carbocycles. The second-order valence-corrected chi connectivity index (χ2v) is 6.33. The number of aliphatic hydroxyl groups excluding tert-OH is 2. The smallest absolute Gasteiger partial charge is 0.157 e. The Labute approximate surface area is 136 Å². The van der Waals surface area contributed by atoms with Crippen LogP contribution in [0, 0.1) is 11.8 Å². The Morgan fingerprint density at radius 1 is 0.913 bits per heavy atom. The third kappa shape index (κ3) is 4.55. The van der Waals surface area contributed by atoms with Crippen LogP contribution in [-0.4, -0.2) is 20.4 Å². The van der Waals surface area contributed by atoms with Crippen molar-refractivity contribution in [3.63, 3.8) is 0 Å². The Bertz CT molecular complexity index is 655. The molecule has 0 aliphatic heterocycles. The van der Waals surface area contributed by atoms with E-state index in [1.54, 1.807) is 6.07 Å². The highest BCUT2D eigenvalue weighted by Crippen LogP contribution is 2.29. The molecule has 0 radical (unpaired) electrons. The van der Waals surface area contributed by atoms with E-state index < -0.39 is 0 Å². The minimum atomic E-state index is -0.102. The van der Waals surface area contributed by atoms with Gasteiger partial charge >= 0.3 is 0 Å². The Morgan fingerprint density at radius 3 is 2.30 bits per heavy atom. The Morgan fingerprint density at radius 2 is 1.61 bits per heavy atom. The van der Waals surface area contributed by atoms with Gasteiger partial charge in [-0.2, -0.15) is 0 Å². The van der Waals surface area contributed by atoms with Crippen LogP contribution in [0.5, 0.6) is 11.5 Å². The van der Waals surface area contributed by atoms with E-state index >= 15 is 0 Å². The zero-order valence-corrected chi connectivity index (χ0v) is 13.5. The van der Waals surface area contributed by atoms with Gasteiger partial charge in [-0.1, -0.05) is 37.6 Å². The fraction of sp³-hybridized carbons (Fsp3) is 0.368. The van der Waals surface area contributed by atoms with Crippen LogP contribution in [-0.2, 0) is 6.42 Å². The van der Waals surface area contributed by atoms with Crippen molar-refractivity contribution in [3.05, 3.63) is 59.1 Å². The van der Waals surface area contributed by atoms with Gasteiger partial charge in [0.1, 0.15) is 5.76 Å². The molecule has 1 aromatic rings. The second-order valence-electron chi connectivity index (χ2n) is 6.33. The van der Waals surface area contributed by atoms with Gasteiger partial charge in [-0.25, -0.2) is 0 Å². The molecule has 0 saturated heterocycles. The van der Waals surface area contributed by atoms with Gasteiger partial charge in [0.05, 0.1) is 0 Å². The van der Waals surface area contributed by atoms with E-state index in [1.807, 2.05) is 18.2 Å². The minimum Gasteiger partial charge on any atom is -0.508 e. The van der Waals surface area contributed by atoms with Crippen molar-refractivity contribution in [1.29, 1.82) is 0 Å². The van der Waals surface area contributed by atoms with Crippen molar-refractivity contribution >= 4 is 0 Å². The van der Waals surface area contributed by atoms with Crippen molar-refractivity contribution in [2.75, 3.05) is 0 Å². The number of phenols is 2. The maximum Gasteiger partial charge on any atom is 0.157 e. The third-order valence-electron chi connectivity index (χ3n) is 4.44. The molecule has 0 heterocycles. The molecule has 1 aliphatic carbocycles. The highest BCUT2D eigenvalue weighted by molar-refractivity contribution is 5.40. The van der Waals surface area contributed by atoms with Gasteiger partial charge in [0.15, 0.2) is 17.3 Å². The van der Waals surface area contributed by atoms with Crippen molar-refractivity contribution in [2.24, 2.45) is 11.8 Å². The zero-order valence-electron chi connectivity index (χ0n) is 13.5. The lowest BCUT2D eigenvalue weighted by molar-refractivity contribution is 0.332. The van der Waals surface area contributed by atoms with Gasteiger partial charge in [0, 0.05) is 6.42 Å². The molecule has 4 heteroatoms. The molecule has 1 aromatic carbocycles. The summed E-state index contributed by atoms with van der Waals surface area (Å²) in [5.41, 5.74) is 2.08. The predicted molar refractivity (Wildman–Crippen MR) is 90.5 cm³/mol. The van der Waals surface area contributed by atoms with Crippen LogP contribution in [0.2, 0.25) is 0 Å². The van der Waals surface area contributed by atoms with Crippen LogP contribution in [0.3, 0.4) is 0 Å². The highest BCUT2D eigenvalue weighted by Gasteiger charge is 2.16. The molecule has 23 heavy (non-hydrogen) atoms. The summed E-state index contributed by atoms with van der Waals surface area (Å²) in [5, 5.41) is 38.0. The van der Waals surface area contributed by atoms with E-state index in [9.17, 15) is 20.4 Å². The monoisotopic (exact) mass is 316 g/mol. The topological polar surface area (TPSA) is 80.9 Å². The average molecular weight is 316 g/mol. The summed E-state index contributed by atoms with van der Waals surface area (Å²) in [7, 11) is 0. The number of hydrogen-bond donors (Lipinski definition) is 4. The van der Waals surface area contributed by atoms with Gasteiger partial charge in [-0.15, -0.1) is 0 Å². The summed E-state index contributed by atoms with van der Waals surface area (Å²) >= 11 is 0. The molecule has 0 fully saturated rings. The largest absolute Gasteiger partial charge is 0.508 e. The predicted octanol–water partition coefficient (Wildman–Crippen LogP) is 4.52. The quantitative estimate of drug-likeness (QED) is 0.602. The molecule has 2 atom stereocenters. The highest BCUT2D eigenvalue weighted by atomic mass is 16.3. The first-order valence-corrected chi connectivity index (χ1v) is 7.86. The molecule has 1 aliphatic rings. The van der Waals surface area contributed by atoms with Crippen LogP contribution in [0.25, 0.3) is 0 Å². The average Bonchev–Trinajstić information content (AvgIpc) is 2.66. The molecule has 0 aromatic heterocycles.